The molecule has 0 spiro atoms. The van der Waals surface area contributed by atoms with Crippen molar-refractivity contribution in [2.75, 3.05) is 0 Å². The molecule has 8 heteroatoms. The molecule has 0 saturated carbocycles. The van der Waals surface area contributed by atoms with Crippen molar-refractivity contribution in [2.24, 2.45) is 0 Å². The van der Waals surface area contributed by atoms with Gasteiger partial charge in [-0.05, 0) is 43.9 Å². The summed E-state index contributed by atoms with van der Waals surface area (Å²) in [5.41, 5.74) is 0.329. The third kappa shape index (κ3) is 3.81. The summed E-state index contributed by atoms with van der Waals surface area (Å²) < 4.78 is 28.4. The van der Waals surface area contributed by atoms with E-state index < -0.39 is 10.0 Å². The largest absolute Gasteiger partial charge is 0.311 e. The van der Waals surface area contributed by atoms with E-state index in [4.69, 9.17) is 5.26 Å². The molecule has 1 aromatic carbocycles. The standard InChI is InChI=1S/C14H16BrN3O2S.ClH/c15-10-3-9(8-16)4-14(5-10)21(19,20)18-13-6-11-1-2-12(7-13)17-11;/h3-5,11-13,17-18H,1-2,6-7H2;1H. The Morgan fingerprint density at radius 1 is 1.23 bits per heavy atom. The zero-order valence-electron chi connectivity index (χ0n) is 11.8. The van der Waals surface area contributed by atoms with Gasteiger partial charge in [-0.1, -0.05) is 15.9 Å². The Hall–Kier alpha value is -0.650. The second-order valence-electron chi connectivity index (χ2n) is 5.71. The van der Waals surface area contributed by atoms with E-state index in [0.717, 1.165) is 25.7 Å². The van der Waals surface area contributed by atoms with Gasteiger partial charge in [-0.2, -0.15) is 5.26 Å². The molecule has 2 heterocycles. The number of rotatable bonds is 3. The molecule has 120 valence electrons. The van der Waals surface area contributed by atoms with Crippen molar-refractivity contribution in [3.05, 3.63) is 28.2 Å². The first-order chi connectivity index (χ1) is 9.96. The molecule has 0 radical (unpaired) electrons. The topological polar surface area (TPSA) is 82.0 Å². The lowest BCUT2D eigenvalue weighted by molar-refractivity contribution is 0.345. The van der Waals surface area contributed by atoms with Crippen LogP contribution in [0.15, 0.2) is 27.6 Å². The number of halogens is 2. The maximum absolute atomic E-state index is 12.5. The van der Waals surface area contributed by atoms with E-state index in [0.29, 0.717) is 22.1 Å². The van der Waals surface area contributed by atoms with Gasteiger partial charge in [-0.15, -0.1) is 12.4 Å². The lowest BCUT2D eigenvalue weighted by Gasteiger charge is -2.29. The molecule has 2 bridgehead atoms. The van der Waals surface area contributed by atoms with E-state index in [1.165, 1.54) is 12.1 Å². The SMILES string of the molecule is Cl.N#Cc1cc(Br)cc(S(=O)(=O)NC2CC3CCC(C2)N3)c1. The van der Waals surface area contributed by atoms with Crippen molar-refractivity contribution in [3.8, 4) is 6.07 Å². The van der Waals surface area contributed by atoms with Gasteiger partial charge in [0.05, 0.1) is 16.5 Å². The molecule has 5 nitrogen and oxygen atoms in total. The molecule has 0 aliphatic carbocycles. The van der Waals surface area contributed by atoms with Gasteiger partial charge < -0.3 is 5.32 Å². The Kier molecular flexibility index (Phi) is 5.51. The molecule has 0 aromatic heterocycles. The summed E-state index contributed by atoms with van der Waals surface area (Å²) in [5.74, 6) is 0. The van der Waals surface area contributed by atoms with Crippen molar-refractivity contribution in [2.45, 2.75) is 48.7 Å². The molecule has 2 N–H and O–H groups in total. The molecular weight excluding hydrogens is 390 g/mol. The van der Waals surface area contributed by atoms with Crippen molar-refractivity contribution in [1.29, 1.82) is 5.26 Å². The van der Waals surface area contributed by atoms with Crippen LogP contribution in [-0.2, 0) is 10.0 Å². The predicted molar refractivity (Wildman–Crippen MR) is 89.4 cm³/mol. The lowest BCUT2D eigenvalue weighted by Crippen LogP contribution is -2.47. The van der Waals surface area contributed by atoms with Gasteiger partial charge in [0.25, 0.3) is 0 Å². The smallest absolute Gasteiger partial charge is 0.240 e. The summed E-state index contributed by atoms with van der Waals surface area (Å²) in [7, 11) is -3.59. The number of fused-ring (bicyclic) bond motifs is 2. The molecule has 2 unspecified atom stereocenters. The molecule has 2 atom stereocenters. The van der Waals surface area contributed by atoms with Gasteiger partial charge in [0.15, 0.2) is 0 Å². The number of hydrogen-bond donors (Lipinski definition) is 2. The highest BCUT2D eigenvalue weighted by molar-refractivity contribution is 9.10. The maximum Gasteiger partial charge on any atom is 0.240 e. The van der Waals surface area contributed by atoms with Crippen molar-refractivity contribution < 1.29 is 8.42 Å². The Labute approximate surface area is 145 Å². The maximum atomic E-state index is 12.5. The molecule has 1 aromatic rings. The average molecular weight is 407 g/mol. The zero-order chi connectivity index (χ0) is 15.0. The number of piperidine rings is 1. The Morgan fingerprint density at radius 2 is 1.86 bits per heavy atom. The van der Waals surface area contributed by atoms with Crippen molar-refractivity contribution in [3.63, 3.8) is 0 Å². The van der Waals surface area contributed by atoms with Gasteiger partial charge >= 0.3 is 0 Å². The first-order valence-corrected chi connectivity index (χ1v) is 9.23. The average Bonchev–Trinajstić information content (AvgIpc) is 2.77. The number of sulfonamides is 1. The van der Waals surface area contributed by atoms with Gasteiger partial charge in [0.1, 0.15) is 0 Å². The first kappa shape index (κ1) is 17.7. The Balaban J connectivity index is 0.00000176. The highest BCUT2D eigenvalue weighted by Crippen LogP contribution is 2.28. The molecular formula is C14H17BrClN3O2S. The van der Waals surface area contributed by atoms with Crippen molar-refractivity contribution in [1.82, 2.24) is 10.0 Å². The highest BCUT2D eigenvalue weighted by Gasteiger charge is 2.35. The Bertz CT molecular complexity index is 693. The van der Waals surface area contributed by atoms with Crippen molar-refractivity contribution >= 4 is 38.4 Å². The van der Waals surface area contributed by atoms with Crippen LogP contribution in [-0.4, -0.2) is 26.5 Å². The van der Waals surface area contributed by atoms with Gasteiger partial charge in [-0.3, -0.25) is 0 Å². The summed E-state index contributed by atoms with van der Waals surface area (Å²) in [6.07, 6.45) is 3.90. The monoisotopic (exact) mass is 405 g/mol. The van der Waals surface area contributed by atoms with Crippen LogP contribution in [0.3, 0.4) is 0 Å². The molecule has 0 amide bonds. The molecule has 2 aliphatic heterocycles. The molecule has 22 heavy (non-hydrogen) atoms. The van der Waals surface area contributed by atoms with Crippen LogP contribution in [0.5, 0.6) is 0 Å². The van der Waals surface area contributed by atoms with Gasteiger partial charge in [0, 0.05) is 22.6 Å². The first-order valence-electron chi connectivity index (χ1n) is 6.95. The summed E-state index contributed by atoms with van der Waals surface area (Å²) in [4.78, 5) is 0.138. The third-order valence-corrected chi connectivity index (χ3v) is 6.06. The second-order valence-corrected chi connectivity index (χ2v) is 8.34. The van der Waals surface area contributed by atoms with E-state index in [9.17, 15) is 8.42 Å². The van der Waals surface area contributed by atoms with Gasteiger partial charge in [0.2, 0.25) is 10.0 Å². The third-order valence-electron chi connectivity index (χ3n) is 4.11. The van der Waals surface area contributed by atoms with E-state index >= 15 is 0 Å². The number of nitrogens with zero attached hydrogens (tertiary/aromatic N) is 1. The number of benzene rings is 1. The van der Waals surface area contributed by atoms with Crippen LogP contribution < -0.4 is 10.0 Å². The van der Waals surface area contributed by atoms with Gasteiger partial charge in [-0.25, -0.2) is 13.1 Å². The van der Waals surface area contributed by atoms with Crippen LogP contribution in [0.2, 0.25) is 0 Å². The number of nitrogens with one attached hydrogen (secondary N) is 2. The summed E-state index contributed by atoms with van der Waals surface area (Å²) in [6, 6.07) is 7.33. The Morgan fingerprint density at radius 3 is 2.45 bits per heavy atom. The minimum Gasteiger partial charge on any atom is -0.311 e. The minimum atomic E-state index is -3.59. The fraction of sp³-hybridized carbons (Fsp3) is 0.500. The fourth-order valence-corrected chi connectivity index (χ4v) is 5.20. The normalized spacial score (nSPS) is 27.0. The summed E-state index contributed by atoms with van der Waals surface area (Å²) in [6.45, 7) is 0. The summed E-state index contributed by atoms with van der Waals surface area (Å²) in [5, 5.41) is 12.4. The molecule has 2 saturated heterocycles. The van der Waals surface area contributed by atoms with Crippen LogP contribution in [0, 0.1) is 11.3 Å². The van der Waals surface area contributed by atoms with Crippen LogP contribution >= 0.6 is 28.3 Å². The minimum absolute atomic E-state index is 0. The van der Waals surface area contributed by atoms with E-state index in [2.05, 4.69) is 26.0 Å². The number of nitriles is 1. The summed E-state index contributed by atoms with van der Waals surface area (Å²) >= 11 is 3.25. The number of hydrogen-bond acceptors (Lipinski definition) is 4. The van der Waals surface area contributed by atoms with Crippen LogP contribution in [0.25, 0.3) is 0 Å². The van der Waals surface area contributed by atoms with E-state index in [1.807, 2.05) is 6.07 Å². The lowest BCUT2D eigenvalue weighted by atomic mass is 10.0. The fourth-order valence-electron chi connectivity index (χ4n) is 3.22. The van der Waals surface area contributed by atoms with E-state index in [1.54, 1.807) is 6.07 Å². The second kappa shape index (κ2) is 6.85. The molecule has 2 aliphatic rings. The predicted octanol–water partition coefficient (Wildman–Crippen LogP) is 2.30. The van der Waals surface area contributed by atoms with E-state index in [-0.39, 0.29) is 23.3 Å². The molecule has 2 fully saturated rings. The van der Waals surface area contributed by atoms with Crippen LogP contribution in [0.1, 0.15) is 31.2 Å². The zero-order valence-corrected chi connectivity index (χ0v) is 15.0. The quantitative estimate of drug-likeness (QED) is 0.807. The van der Waals surface area contributed by atoms with Crippen LogP contribution in [0.4, 0.5) is 0 Å². The molecule has 3 rings (SSSR count). The highest BCUT2D eigenvalue weighted by atomic mass is 79.9.